The molecule has 0 amide bonds. The lowest BCUT2D eigenvalue weighted by Crippen LogP contribution is -1.85. The van der Waals surface area contributed by atoms with E-state index in [1.807, 2.05) is 23.5 Å². The van der Waals surface area contributed by atoms with E-state index in [0.717, 1.165) is 67.8 Å². The second kappa shape index (κ2) is 17.8. The standard InChI is InChI=1S/C67H48N4S/c1-41-14-18-48(19-15-41)64-65(49-20-16-42(2)17-21-49)71-67(70-64)51-28-24-45(25-29-51)61-43(3)72-60-40-56(34-35-59(60)61)53-31-33-55-38-57-36-52(30-32-54(57)39-58(55)37-53)44-22-26-50(27-23-44)66-68-62(46-10-6-4-7-11-46)63(69-66)47-12-8-5-9-13-47/h4-40H,1-3H3,(H,68,69)(H,70,71). The zero-order valence-electron chi connectivity index (χ0n) is 40.2. The highest BCUT2D eigenvalue weighted by atomic mass is 32.1. The van der Waals surface area contributed by atoms with Crippen LogP contribution in [0.3, 0.4) is 0 Å². The number of H-pyrrole nitrogens is 2. The summed E-state index contributed by atoms with van der Waals surface area (Å²) in [6, 6.07) is 81.0. The third-order valence-electron chi connectivity index (χ3n) is 14.1. The number of hydrogen-bond donors (Lipinski definition) is 2. The van der Waals surface area contributed by atoms with Crippen LogP contribution in [0.25, 0.3) is 133 Å². The monoisotopic (exact) mass is 940 g/mol. The zero-order chi connectivity index (χ0) is 48.3. The van der Waals surface area contributed by atoms with Gasteiger partial charge in [0.1, 0.15) is 11.6 Å². The van der Waals surface area contributed by atoms with E-state index < -0.39 is 0 Å². The van der Waals surface area contributed by atoms with E-state index in [-0.39, 0.29) is 0 Å². The van der Waals surface area contributed by atoms with Gasteiger partial charge in [0.05, 0.1) is 22.8 Å². The van der Waals surface area contributed by atoms with E-state index in [0.29, 0.717) is 0 Å². The van der Waals surface area contributed by atoms with Crippen molar-refractivity contribution in [3.05, 3.63) is 240 Å². The average Bonchev–Trinajstić information content (AvgIpc) is 4.17. The van der Waals surface area contributed by atoms with Crippen molar-refractivity contribution in [1.82, 2.24) is 19.9 Å². The van der Waals surface area contributed by atoms with Gasteiger partial charge in [0.25, 0.3) is 0 Å². The number of aryl methyl sites for hydroxylation is 3. The molecule has 0 radical (unpaired) electrons. The summed E-state index contributed by atoms with van der Waals surface area (Å²) in [6.45, 7) is 6.48. The highest BCUT2D eigenvalue weighted by Crippen LogP contribution is 2.42. The molecular weight excluding hydrogens is 893 g/mol. The minimum absolute atomic E-state index is 0.855. The van der Waals surface area contributed by atoms with E-state index in [1.54, 1.807) is 0 Å². The Balaban J connectivity index is 0.754. The third-order valence-corrected chi connectivity index (χ3v) is 15.2. The predicted molar refractivity (Wildman–Crippen MR) is 304 cm³/mol. The summed E-state index contributed by atoms with van der Waals surface area (Å²) in [6.07, 6.45) is 0. The molecule has 5 heteroatoms. The summed E-state index contributed by atoms with van der Waals surface area (Å²) in [7, 11) is 0. The van der Waals surface area contributed by atoms with Crippen LogP contribution < -0.4 is 0 Å². The number of rotatable bonds is 9. The molecule has 0 fully saturated rings. The van der Waals surface area contributed by atoms with Gasteiger partial charge in [0, 0.05) is 53.9 Å². The molecule has 3 aromatic heterocycles. The smallest absolute Gasteiger partial charge is 0.138 e. The molecule has 0 spiro atoms. The van der Waals surface area contributed by atoms with Crippen molar-refractivity contribution in [3.63, 3.8) is 0 Å². The topological polar surface area (TPSA) is 57.4 Å². The number of imidazole rings is 2. The molecule has 0 saturated heterocycles. The van der Waals surface area contributed by atoms with Gasteiger partial charge in [0.2, 0.25) is 0 Å². The second-order valence-corrected chi connectivity index (χ2v) is 20.2. The number of aromatic nitrogens is 4. The van der Waals surface area contributed by atoms with E-state index >= 15 is 0 Å². The van der Waals surface area contributed by atoms with E-state index in [4.69, 9.17) is 9.97 Å². The molecule has 13 aromatic rings. The first-order chi connectivity index (χ1) is 35.3. The first kappa shape index (κ1) is 43.1. The Bertz CT molecular complexity index is 4000. The Morgan fingerprint density at radius 2 is 0.722 bits per heavy atom. The lowest BCUT2D eigenvalue weighted by Gasteiger charge is -2.09. The summed E-state index contributed by atoms with van der Waals surface area (Å²) in [5.74, 6) is 1.72. The van der Waals surface area contributed by atoms with Gasteiger partial charge in [-0.3, -0.25) is 0 Å². The van der Waals surface area contributed by atoms with Gasteiger partial charge < -0.3 is 9.97 Å². The number of aromatic amines is 2. The van der Waals surface area contributed by atoms with E-state index in [9.17, 15) is 0 Å². The molecule has 10 aromatic carbocycles. The number of hydrogen-bond acceptors (Lipinski definition) is 3. The molecular formula is C67H48N4S. The largest absolute Gasteiger partial charge is 0.337 e. The molecule has 2 N–H and O–H groups in total. The highest BCUT2D eigenvalue weighted by Gasteiger charge is 2.19. The summed E-state index contributed by atoms with van der Waals surface area (Å²) in [5.41, 5.74) is 20.3. The van der Waals surface area contributed by atoms with Crippen LogP contribution in [0.4, 0.5) is 0 Å². The molecule has 0 saturated carbocycles. The van der Waals surface area contributed by atoms with Crippen molar-refractivity contribution < 1.29 is 0 Å². The fraction of sp³-hybridized carbons (Fsp3) is 0.0448. The fourth-order valence-electron chi connectivity index (χ4n) is 10.2. The van der Waals surface area contributed by atoms with Crippen LogP contribution in [-0.4, -0.2) is 19.9 Å². The first-order valence-electron chi connectivity index (χ1n) is 24.5. The lowest BCUT2D eigenvalue weighted by molar-refractivity contribution is 1.31. The van der Waals surface area contributed by atoms with Gasteiger partial charge in [0.15, 0.2) is 0 Å². The number of benzene rings is 10. The van der Waals surface area contributed by atoms with Crippen LogP contribution in [0.15, 0.2) is 224 Å². The van der Waals surface area contributed by atoms with E-state index in [2.05, 4.69) is 243 Å². The number of nitrogens with zero attached hydrogens (tertiary/aromatic N) is 2. The molecule has 0 atom stereocenters. The van der Waals surface area contributed by atoms with Gasteiger partial charge in [-0.2, -0.15) is 0 Å². The summed E-state index contributed by atoms with van der Waals surface area (Å²) >= 11 is 1.87. The number of thiophene rings is 1. The maximum Gasteiger partial charge on any atom is 0.138 e. The Morgan fingerprint density at radius 1 is 0.319 bits per heavy atom. The third kappa shape index (κ3) is 8.00. The van der Waals surface area contributed by atoms with Crippen molar-refractivity contribution in [3.8, 4) is 101 Å². The number of fused-ring (bicyclic) bond motifs is 3. The minimum Gasteiger partial charge on any atom is -0.337 e. The molecule has 0 aliphatic rings. The average molecular weight is 941 g/mol. The van der Waals surface area contributed by atoms with Crippen molar-refractivity contribution in [2.45, 2.75) is 20.8 Å². The fourth-order valence-corrected chi connectivity index (χ4v) is 11.3. The Hall–Kier alpha value is -8.90. The normalized spacial score (nSPS) is 11.5. The van der Waals surface area contributed by atoms with Crippen molar-refractivity contribution in [2.75, 3.05) is 0 Å². The second-order valence-electron chi connectivity index (χ2n) is 19.0. The molecule has 4 nitrogen and oxygen atoms in total. The number of nitrogens with one attached hydrogen (secondary N) is 2. The summed E-state index contributed by atoms with van der Waals surface area (Å²) in [4.78, 5) is 19.0. The molecule has 0 bridgehead atoms. The van der Waals surface area contributed by atoms with Crippen LogP contribution in [0.1, 0.15) is 16.0 Å². The summed E-state index contributed by atoms with van der Waals surface area (Å²) in [5, 5.41) is 6.19. The first-order valence-corrected chi connectivity index (χ1v) is 25.3. The minimum atomic E-state index is 0.855. The van der Waals surface area contributed by atoms with Crippen LogP contribution in [-0.2, 0) is 0 Å². The molecule has 0 unspecified atom stereocenters. The molecule has 3 heterocycles. The SMILES string of the molecule is Cc1ccc(-c2nc(-c3ccc(-c4c(C)sc5cc(-c6ccc7cc8cc(-c9ccc(-c%10nc(-c%11ccccc%11)c(-c%11ccccc%11)[nH]%10)cc9)ccc8cc7c6)ccc45)cc3)[nH]c2-c2ccc(C)cc2)cc1. The lowest BCUT2D eigenvalue weighted by atomic mass is 9.95. The Morgan fingerprint density at radius 3 is 1.28 bits per heavy atom. The van der Waals surface area contributed by atoms with Crippen molar-refractivity contribution in [1.29, 1.82) is 0 Å². The van der Waals surface area contributed by atoms with Crippen LogP contribution in [0.5, 0.6) is 0 Å². The van der Waals surface area contributed by atoms with E-state index in [1.165, 1.54) is 81.0 Å². The van der Waals surface area contributed by atoms with Crippen LogP contribution >= 0.6 is 11.3 Å². The van der Waals surface area contributed by atoms with Crippen molar-refractivity contribution in [2.24, 2.45) is 0 Å². The maximum absolute atomic E-state index is 5.20. The maximum atomic E-state index is 5.20. The quantitative estimate of drug-likeness (QED) is 0.142. The van der Waals surface area contributed by atoms with Crippen LogP contribution in [0.2, 0.25) is 0 Å². The molecule has 72 heavy (non-hydrogen) atoms. The van der Waals surface area contributed by atoms with Gasteiger partial charge in [-0.05, 0) is 100 Å². The Labute approximate surface area is 423 Å². The van der Waals surface area contributed by atoms with Crippen LogP contribution in [0, 0.1) is 20.8 Å². The molecule has 0 aliphatic heterocycles. The Kier molecular flexibility index (Phi) is 10.7. The molecule has 13 rings (SSSR count). The van der Waals surface area contributed by atoms with Gasteiger partial charge in [-0.15, -0.1) is 11.3 Å². The van der Waals surface area contributed by atoms with Gasteiger partial charge in [-0.25, -0.2) is 9.97 Å². The summed E-state index contributed by atoms with van der Waals surface area (Å²) < 4.78 is 1.29. The molecule has 342 valence electrons. The predicted octanol–water partition coefficient (Wildman–Crippen LogP) is 18.6. The zero-order valence-corrected chi connectivity index (χ0v) is 41.0. The van der Waals surface area contributed by atoms with Crippen molar-refractivity contribution >= 4 is 43.0 Å². The van der Waals surface area contributed by atoms with Gasteiger partial charge >= 0.3 is 0 Å². The van der Waals surface area contributed by atoms with Gasteiger partial charge in [-0.1, -0.05) is 205 Å². The highest BCUT2D eigenvalue weighted by molar-refractivity contribution is 7.19. The molecule has 0 aliphatic carbocycles.